The van der Waals surface area contributed by atoms with Crippen LogP contribution in [-0.2, 0) is 22.4 Å². The number of carbonyl (C=O) groups excluding carboxylic acids is 2. The molecule has 2 amide bonds. The predicted octanol–water partition coefficient (Wildman–Crippen LogP) is 2.22. The highest BCUT2D eigenvalue weighted by atomic mass is 32.1. The Morgan fingerprint density at radius 3 is 2.48 bits per heavy atom. The molecule has 0 radical (unpaired) electrons. The van der Waals surface area contributed by atoms with E-state index in [1.165, 1.54) is 17.0 Å². The average Bonchev–Trinajstić information content (AvgIpc) is 3.03. The lowest BCUT2D eigenvalue weighted by atomic mass is 9.84. The Balaban J connectivity index is 1.35. The van der Waals surface area contributed by atoms with Gasteiger partial charge in [-0.05, 0) is 46.0 Å². The van der Waals surface area contributed by atoms with Gasteiger partial charge in [0, 0.05) is 48.9 Å². The molecule has 0 spiro atoms. The molecule has 1 unspecified atom stereocenters. The molecule has 7 heteroatoms. The van der Waals surface area contributed by atoms with Gasteiger partial charge in [-0.2, -0.15) is 0 Å². The molecule has 4 rings (SSSR count). The first-order valence-corrected chi connectivity index (χ1v) is 11.2. The quantitative estimate of drug-likeness (QED) is 0.856. The Morgan fingerprint density at radius 1 is 1.11 bits per heavy atom. The third-order valence-corrected chi connectivity index (χ3v) is 7.23. The number of hydrogen-bond donors (Lipinski definition) is 1. The largest absolute Gasteiger partial charge is 0.354 e. The molecule has 2 heterocycles. The number of hydrogen-bond acceptors (Lipinski definition) is 5. The lowest BCUT2D eigenvalue weighted by Gasteiger charge is -2.38. The van der Waals surface area contributed by atoms with Gasteiger partial charge in [0.15, 0.2) is 5.13 Å². The van der Waals surface area contributed by atoms with Crippen molar-refractivity contribution in [1.82, 2.24) is 15.2 Å². The van der Waals surface area contributed by atoms with E-state index in [0.717, 1.165) is 63.4 Å². The number of thiazole rings is 1. The van der Waals surface area contributed by atoms with Crippen LogP contribution in [0.3, 0.4) is 0 Å². The summed E-state index contributed by atoms with van der Waals surface area (Å²) in [6, 6.07) is 0.190. The van der Waals surface area contributed by atoms with Gasteiger partial charge in [0.1, 0.15) is 0 Å². The molecular formula is C20H30N4O2S. The summed E-state index contributed by atoms with van der Waals surface area (Å²) in [5, 5.41) is 4.11. The lowest BCUT2D eigenvalue weighted by Crippen LogP contribution is -2.51. The van der Waals surface area contributed by atoms with Crippen molar-refractivity contribution < 1.29 is 9.59 Å². The minimum Gasteiger partial charge on any atom is -0.354 e. The third kappa shape index (κ3) is 3.98. The number of nitrogens with one attached hydrogen (secondary N) is 1. The number of amides is 2. The molecule has 1 saturated carbocycles. The fraction of sp³-hybridized carbons (Fsp3) is 0.750. The van der Waals surface area contributed by atoms with Gasteiger partial charge in [-0.15, -0.1) is 11.3 Å². The van der Waals surface area contributed by atoms with E-state index < -0.39 is 0 Å². The highest BCUT2D eigenvalue weighted by Crippen LogP contribution is 2.35. The molecular weight excluding hydrogens is 360 g/mol. The lowest BCUT2D eigenvalue weighted by molar-refractivity contribution is -0.138. The Hall–Kier alpha value is -1.63. The van der Waals surface area contributed by atoms with Gasteiger partial charge in [0.2, 0.25) is 11.8 Å². The Morgan fingerprint density at radius 2 is 1.85 bits per heavy atom. The number of aromatic nitrogens is 1. The molecule has 1 aliphatic heterocycles. The van der Waals surface area contributed by atoms with Crippen LogP contribution >= 0.6 is 11.3 Å². The van der Waals surface area contributed by atoms with Crippen molar-refractivity contribution in [3.63, 3.8) is 0 Å². The van der Waals surface area contributed by atoms with Crippen LogP contribution in [0.2, 0.25) is 0 Å². The van der Waals surface area contributed by atoms with Crippen LogP contribution in [0.25, 0.3) is 0 Å². The summed E-state index contributed by atoms with van der Waals surface area (Å²) in [7, 11) is 0. The van der Waals surface area contributed by atoms with Gasteiger partial charge >= 0.3 is 0 Å². The van der Waals surface area contributed by atoms with Crippen LogP contribution in [-0.4, -0.2) is 53.9 Å². The number of rotatable bonds is 4. The molecule has 148 valence electrons. The van der Waals surface area contributed by atoms with Crippen molar-refractivity contribution in [2.75, 3.05) is 31.1 Å². The summed E-state index contributed by atoms with van der Waals surface area (Å²) < 4.78 is 0. The van der Waals surface area contributed by atoms with E-state index in [1.54, 1.807) is 11.3 Å². The fourth-order valence-corrected chi connectivity index (χ4v) is 5.39. The van der Waals surface area contributed by atoms with Crippen LogP contribution in [0.1, 0.15) is 50.1 Å². The molecule has 1 N–H and O–H groups in total. The Labute approximate surface area is 165 Å². The van der Waals surface area contributed by atoms with E-state index >= 15 is 0 Å². The van der Waals surface area contributed by atoms with Crippen LogP contribution in [0.5, 0.6) is 0 Å². The van der Waals surface area contributed by atoms with Crippen LogP contribution in [0.15, 0.2) is 0 Å². The SMILES string of the molecule is CC(C)NC(=O)C1CCc2nc(N3CCN(C(=O)C4CCC4)CC3)sc2C1. The Kier molecular flexibility index (Phi) is 5.39. The maximum absolute atomic E-state index is 12.4. The molecule has 27 heavy (non-hydrogen) atoms. The second-order valence-electron chi connectivity index (χ2n) is 8.41. The maximum Gasteiger partial charge on any atom is 0.225 e. The van der Waals surface area contributed by atoms with Gasteiger partial charge < -0.3 is 15.1 Å². The van der Waals surface area contributed by atoms with E-state index in [0.29, 0.717) is 5.91 Å². The van der Waals surface area contributed by atoms with E-state index in [4.69, 9.17) is 4.98 Å². The van der Waals surface area contributed by atoms with E-state index in [1.807, 2.05) is 18.7 Å². The molecule has 0 bridgehead atoms. The maximum atomic E-state index is 12.4. The first kappa shape index (κ1) is 18.7. The highest BCUT2D eigenvalue weighted by Gasteiger charge is 2.33. The molecule has 1 atom stereocenters. The highest BCUT2D eigenvalue weighted by molar-refractivity contribution is 7.15. The second-order valence-corrected chi connectivity index (χ2v) is 9.47. The summed E-state index contributed by atoms with van der Waals surface area (Å²) >= 11 is 1.74. The second kappa shape index (κ2) is 7.78. The van der Waals surface area contributed by atoms with Crippen molar-refractivity contribution in [1.29, 1.82) is 0 Å². The molecule has 1 aromatic heterocycles. The summed E-state index contributed by atoms with van der Waals surface area (Å²) in [5.74, 6) is 0.898. The molecule has 6 nitrogen and oxygen atoms in total. The zero-order valence-electron chi connectivity index (χ0n) is 16.4. The summed E-state index contributed by atoms with van der Waals surface area (Å²) in [5.41, 5.74) is 1.18. The molecule has 1 aromatic rings. The van der Waals surface area contributed by atoms with E-state index in [9.17, 15) is 9.59 Å². The van der Waals surface area contributed by atoms with Crippen LogP contribution in [0.4, 0.5) is 5.13 Å². The van der Waals surface area contributed by atoms with Gasteiger partial charge in [0.05, 0.1) is 5.69 Å². The first-order valence-electron chi connectivity index (χ1n) is 10.3. The normalized spacial score (nSPS) is 23.1. The van der Waals surface area contributed by atoms with Crippen molar-refractivity contribution in [3.05, 3.63) is 10.6 Å². The number of fused-ring (bicyclic) bond motifs is 1. The summed E-state index contributed by atoms with van der Waals surface area (Å²) in [6.45, 7) is 7.35. The zero-order chi connectivity index (χ0) is 19.0. The van der Waals surface area contributed by atoms with E-state index in [2.05, 4.69) is 10.2 Å². The zero-order valence-corrected chi connectivity index (χ0v) is 17.2. The van der Waals surface area contributed by atoms with Gasteiger partial charge in [-0.1, -0.05) is 6.42 Å². The number of anilines is 1. The van der Waals surface area contributed by atoms with Crippen molar-refractivity contribution in [2.45, 2.75) is 58.4 Å². The predicted molar refractivity (Wildman–Crippen MR) is 107 cm³/mol. The summed E-state index contributed by atoms with van der Waals surface area (Å²) in [6.07, 6.45) is 5.94. The molecule has 3 aliphatic rings. The topological polar surface area (TPSA) is 65.5 Å². The van der Waals surface area contributed by atoms with Crippen molar-refractivity contribution in [3.8, 4) is 0 Å². The minimum atomic E-state index is 0.0742. The van der Waals surface area contributed by atoms with Gasteiger partial charge in [-0.3, -0.25) is 9.59 Å². The Bertz CT molecular complexity index is 705. The van der Waals surface area contributed by atoms with Crippen molar-refractivity contribution in [2.24, 2.45) is 11.8 Å². The smallest absolute Gasteiger partial charge is 0.225 e. The molecule has 2 fully saturated rings. The third-order valence-electron chi connectivity index (χ3n) is 6.05. The molecule has 0 aromatic carbocycles. The van der Waals surface area contributed by atoms with Gasteiger partial charge in [0.25, 0.3) is 0 Å². The standard InChI is InChI=1S/C20H30N4O2S/c1-13(2)21-18(25)15-6-7-16-17(12-15)27-20(22-16)24-10-8-23(9-11-24)19(26)14-4-3-5-14/h13-15H,3-12H2,1-2H3,(H,21,25). The van der Waals surface area contributed by atoms with Gasteiger partial charge in [-0.25, -0.2) is 4.98 Å². The number of nitrogens with zero attached hydrogens (tertiary/aromatic N) is 3. The van der Waals surface area contributed by atoms with Crippen LogP contribution < -0.4 is 10.2 Å². The van der Waals surface area contributed by atoms with Crippen molar-refractivity contribution >= 4 is 28.3 Å². The van der Waals surface area contributed by atoms with E-state index in [-0.39, 0.29) is 23.8 Å². The number of carbonyl (C=O) groups is 2. The first-order chi connectivity index (χ1) is 13.0. The summed E-state index contributed by atoms with van der Waals surface area (Å²) in [4.78, 5) is 35.3. The number of aryl methyl sites for hydroxylation is 1. The fourth-order valence-electron chi connectivity index (χ4n) is 4.15. The monoisotopic (exact) mass is 390 g/mol. The minimum absolute atomic E-state index is 0.0742. The number of piperazine rings is 1. The molecule has 2 aliphatic carbocycles. The van der Waals surface area contributed by atoms with Crippen LogP contribution in [0, 0.1) is 11.8 Å². The molecule has 1 saturated heterocycles. The average molecular weight is 391 g/mol.